The first-order chi connectivity index (χ1) is 26.3. The van der Waals surface area contributed by atoms with E-state index in [2.05, 4.69) is 199 Å². The fourth-order valence-corrected chi connectivity index (χ4v) is 8.75. The van der Waals surface area contributed by atoms with Gasteiger partial charge in [-0.25, -0.2) is 9.98 Å². The highest BCUT2D eigenvalue weighted by atomic mass is 16.5. The normalized spacial score (nSPS) is 18.6. The lowest BCUT2D eigenvalue weighted by molar-refractivity contribution is 0.0813. The van der Waals surface area contributed by atoms with Gasteiger partial charge in [0.2, 0.25) is 11.8 Å². The van der Waals surface area contributed by atoms with Gasteiger partial charge in [0.1, 0.15) is 12.1 Å². The Morgan fingerprint density at radius 1 is 0.407 bits per heavy atom. The largest absolute Gasteiger partial charge is 0.459 e. The minimum absolute atomic E-state index is 0.159. The van der Waals surface area contributed by atoms with E-state index in [9.17, 15) is 0 Å². The van der Waals surface area contributed by atoms with Crippen LogP contribution in [0.4, 0.5) is 0 Å². The van der Waals surface area contributed by atoms with Gasteiger partial charge in [0.15, 0.2) is 11.2 Å². The van der Waals surface area contributed by atoms with Crippen LogP contribution in [0.3, 0.4) is 0 Å². The Hall–Kier alpha value is -5.74. The van der Waals surface area contributed by atoms with Crippen molar-refractivity contribution in [1.29, 1.82) is 0 Å². The second-order valence-corrected chi connectivity index (χ2v) is 15.4. The van der Waals surface area contributed by atoms with E-state index in [1.807, 2.05) is 0 Å². The third kappa shape index (κ3) is 5.76. The zero-order valence-corrected chi connectivity index (χ0v) is 32.0. The smallest absolute Gasteiger partial charge is 0.218 e. The van der Waals surface area contributed by atoms with Crippen molar-refractivity contribution in [2.24, 2.45) is 21.8 Å². The van der Waals surface area contributed by atoms with Crippen molar-refractivity contribution in [3.8, 4) is 11.1 Å². The minimum Gasteiger partial charge on any atom is -0.459 e. The maximum absolute atomic E-state index is 7.39. The highest BCUT2D eigenvalue weighted by Gasteiger charge is 2.53. The number of benzene rings is 6. The van der Waals surface area contributed by atoms with Gasteiger partial charge in [-0.3, -0.25) is 0 Å². The maximum Gasteiger partial charge on any atom is 0.218 e. The van der Waals surface area contributed by atoms with Crippen LogP contribution in [0.1, 0.15) is 72.2 Å². The number of hydrogen-bond donors (Lipinski definition) is 0. The predicted octanol–water partition coefficient (Wildman–Crippen LogP) is 11.5. The van der Waals surface area contributed by atoms with Crippen LogP contribution in [0.5, 0.6) is 0 Å². The molecule has 2 atom stereocenters. The van der Waals surface area contributed by atoms with Gasteiger partial charge in [-0.05, 0) is 60.1 Å². The van der Waals surface area contributed by atoms with Crippen LogP contribution in [-0.2, 0) is 20.7 Å². The molecule has 270 valence electrons. The van der Waals surface area contributed by atoms with Crippen molar-refractivity contribution in [2.75, 3.05) is 0 Å². The number of hydrogen-bond acceptors (Lipinski definition) is 4. The molecule has 6 aromatic carbocycles. The van der Waals surface area contributed by atoms with E-state index in [-0.39, 0.29) is 23.9 Å². The summed E-state index contributed by atoms with van der Waals surface area (Å²) < 4.78 is 14.8. The van der Waals surface area contributed by atoms with Crippen molar-refractivity contribution in [1.82, 2.24) is 0 Å². The highest BCUT2D eigenvalue weighted by Crippen LogP contribution is 2.49. The molecule has 0 saturated carbocycles. The molecular weight excluding hydrogens is 661 g/mol. The summed E-state index contributed by atoms with van der Waals surface area (Å²) in [4.78, 5) is 11.0. The molecule has 0 radical (unpaired) electrons. The molecule has 0 saturated heterocycles. The molecule has 0 fully saturated rings. The lowest BCUT2D eigenvalue weighted by atomic mass is 9.76. The van der Waals surface area contributed by atoms with Crippen molar-refractivity contribution < 1.29 is 9.47 Å². The van der Waals surface area contributed by atoms with Gasteiger partial charge in [-0.2, -0.15) is 0 Å². The summed E-state index contributed by atoms with van der Waals surface area (Å²) in [7, 11) is 0. The van der Waals surface area contributed by atoms with Crippen LogP contribution in [0.2, 0.25) is 0 Å². The first-order valence-corrected chi connectivity index (χ1v) is 19.2. The summed E-state index contributed by atoms with van der Waals surface area (Å²) in [6, 6.07) is 54.9. The molecule has 8 rings (SSSR count). The summed E-state index contributed by atoms with van der Waals surface area (Å²) in [5.74, 6) is 1.69. The topological polar surface area (TPSA) is 43.2 Å². The van der Waals surface area contributed by atoms with Crippen molar-refractivity contribution in [3.63, 3.8) is 0 Å². The zero-order valence-electron chi connectivity index (χ0n) is 32.0. The lowest BCUT2D eigenvalue weighted by Gasteiger charge is -2.36. The molecule has 54 heavy (non-hydrogen) atoms. The molecule has 4 nitrogen and oxygen atoms in total. The third-order valence-electron chi connectivity index (χ3n) is 11.2. The average molecular weight is 709 g/mol. The van der Waals surface area contributed by atoms with Crippen LogP contribution in [0.15, 0.2) is 168 Å². The molecule has 0 aliphatic carbocycles. The van der Waals surface area contributed by atoms with Crippen molar-refractivity contribution in [3.05, 3.63) is 202 Å². The lowest BCUT2D eigenvalue weighted by Crippen LogP contribution is -2.41. The van der Waals surface area contributed by atoms with Gasteiger partial charge in [0.05, 0.1) is 0 Å². The van der Waals surface area contributed by atoms with Crippen LogP contribution in [0.25, 0.3) is 11.1 Å². The Bertz CT molecular complexity index is 2070. The van der Waals surface area contributed by atoms with E-state index in [0.29, 0.717) is 11.8 Å². The molecule has 4 heteroatoms. The van der Waals surface area contributed by atoms with E-state index in [1.54, 1.807) is 0 Å². The highest BCUT2D eigenvalue weighted by molar-refractivity contribution is 6.09. The summed E-state index contributed by atoms with van der Waals surface area (Å²) in [6.07, 6.45) is 0. The van der Waals surface area contributed by atoms with E-state index in [1.165, 1.54) is 0 Å². The van der Waals surface area contributed by atoms with Crippen LogP contribution in [0, 0.1) is 25.7 Å². The van der Waals surface area contributed by atoms with Crippen LogP contribution < -0.4 is 0 Å². The van der Waals surface area contributed by atoms with E-state index >= 15 is 0 Å². The van der Waals surface area contributed by atoms with Crippen molar-refractivity contribution >= 4 is 11.8 Å². The van der Waals surface area contributed by atoms with E-state index in [0.717, 1.165) is 55.6 Å². The van der Waals surface area contributed by atoms with E-state index < -0.39 is 11.2 Å². The molecule has 0 aromatic heterocycles. The molecule has 0 amide bonds. The van der Waals surface area contributed by atoms with Gasteiger partial charge in [-0.15, -0.1) is 0 Å². The molecular formula is C50H48N2O2. The minimum atomic E-state index is -0.796. The molecule has 2 aliphatic heterocycles. The van der Waals surface area contributed by atoms with Crippen molar-refractivity contribution in [2.45, 2.75) is 64.8 Å². The second-order valence-electron chi connectivity index (χ2n) is 15.4. The molecule has 2 aliphatic rings. The van der Waals surface area contributed by atoms with Crippen LogP contribution >= 0.6 is 0 Å². The SMILES string of the molecule is Cc1cccc(C2=N[C@@H](C(C)C)C(c3ccccc3)(c3ccccc3)O2)c1-c1c(C)cccc1C1=N[C@@H](C(C)C)C(c2ccccc2)(c2ccccc2)O1. The monoisotopic (exact) mass is 708 g/mol. The Morgan fingerprint density at radius 2 is 0.704 bits per heavy atom. The van der Waals surface area contributed by atoms with Crippen LogP contribution in [-0.4, -0.2) is 23.9 Å². The molecule has 6 aromatic rings. The Balaban J connectivity index is 1.31. The zero-order chi connectivity index (χ0) is 37.5. The molecule has 0 bridgehead atoms. The summed E-state index contributed by atoms with van der Waals surface area (Å²) in [6.45, 7) is 13.3. The number of aliphatic imine (C=N–C) groups is 2. The fraction of sp³-hybridized carbons (Fsp3) is 0.240. The van der Waals surface area contributed by atoms with Gasteiger partial charge < -0.3 is 9.47 Å². The Kier molecular flexibility index (Phi) is 9.31. The quantitative estimate of drug-likeness (QED) is 0.150. The maximum atomic E-state index is 7.39. The Morgan fingerprint density at radius 3 is 0.981 bits per heavy atom. The van der Waals surface area contributed by atoms with Gasteiger partial charge in [0, 0.05) is 33.4 Å². The number of rotatable bonds is 9. The van der Waals surface area contributed by atoms with E-state index in [4.69, 9.17) is 19.5 Å². The molecule has 2 heterocycles. The van der Waals surface area contributed by atoms with Gasteiger partial charge >= 0.3 is 0 Å². The first-order valence-electron chi connectivity index (χ1n) is 19.2. The fourth-order valence-electron chi connectivity index (χ4n) is 8.75. The first kappa shape index (κ1) is 35.3. The van der Waals surface area contributed by atoms with Gasteiger partial charge in [0.25, 0.3) is 0 Å². The molecule has 0 spiro atoms. The summed E-state index contributed by atoms with van der Waals surface area (Å²) in [5.41, 5.74) is 9.09. The third-order valence-corrected chi connectivity index (χ3v) is 11.2. The Labute approximate surface area is 320 Å². The molecule has 0 N–H and O–H groups in total. The predicted molar refractivity (Wildman–Crippen MR) is 221 cm³/mol. The number of aryl methyl sites for hydroxylation is 2. The van der Waals surface area contributed by atoms with Gasteiger partial charge in [-0.1, -0.05) is 173 Å². The number of ether oxygens (including phenoxy) is 2. The summed E-state index contributed by atoms with van der Waals surface area (Å²) in [5, 5.41) is 0. The second kappa shape index (κ2) is 14.2. The number of nitrogens with zero attached hydrogens (tertiary/aromatic N) is 2. The standard InChI is InChI=1S/C50H48N2O2/c1-33(2)45-49(37-23-11-7-12-24-37,38-25-13-8-14-26-38)53-47(51-45)41-31-19-21-35(5)43(41)44-36(6)22-20-32-42(44)48-52-46(34(3)4)50(54-48,39-27-15-9-16-28-39)40-29-17-10-18-30-40/h7-34,45-46H,1-6H3/t45-,46-/m0/s1. The average Bonchev–Trinajstić information content (AvgIpc) is 3.82. The summed E-state index contributed by atoms with van der Waals surface area (Å²) >= 11 is 0. The molecule has 0 unspecified atom stereocenters.